The molecule has 2 N–H and O–H groups in total. The first-order chi connectivity index (χ1) is 12.7. The monoisotopic (exact) mass is 348 g/mol. The van der Waals surface area contributed by atoms with Crippen LogP contribution in [0.15, 0.2) is 54.6 Å². The van der Waals surface area contributed by atoms with Crippen LogP contribution in [0.4, 0.5) is 0 Å². The second kappa shape index (κ2) is 7.00. The Morgan fingerprint density at radius 1 is 1.15 bits per heavy atom. The summed E-state index contributed by atoms with van der Waals surface area (Å²) in [7, 11) is 0. The number of aromatic nitrogens is 2. The topological polar surface area (TPSA) is 76.0 Å². The molecule has 0 unspecified atom stereocenters. The molecule has 0 radical (unpaired) electrons. The van der Waals surface area contributed by atoms with Crippen LogP contribution >= 0.6 is 0 Å². The third-order valence-corrected chi connectivity index (χ3v) is 4.60. The van der Waals surface area contributed by atoms with Crippen molar-refractivity contribution >= 4 is 22.8 Å². The highest BCUT2D eigenvalue weighted by Crippen LogP contribution is 2.22. The van der Waals surface area contributed by atoms with E-state index in [0.717, 1.165) is 22.5 Å². The lowest BCUT2D eigenvalue weighted by Crippen LogP contribution is -2.40. The minimum atomic E-state index is -0.407. The molecule has 6 nitrogen and oxygen atoms in total. The number of hydrogen-bond donors (Lipinski definition) is 2. The summed E-state index contributed by atoms with van der Waals surface area (Å²) in [6.45, 7) is 0.619. The molecule has 0 aliphatic carbocycles. The predicted molar refractivity (Wildman–Crippen MR) is 98.9 cm³/mol. The quantitative estimate of drug-likeness (QED) is 0.740. The molecule has 6 heteroatoms. The summed E-state index contributed by atoms with van der Waals surface area (Å²) in [5.41, 5.74) is 2.94. The number of para-hydroxylation sites is 3. The molecule has 1 aromatic heterocycles. The minimum Gasteiger partial charge on any atom is -0.354 e. The van der Waals surface area contributed by atoms with Crippen molar-refractivity contribution in [2.75, 3.05) is 6.54 Å². The highest BCUT2D eigenvalue weighted by atomic mass is 16.2. The number of carbonyl (C=O) groups is 2. The van der Waals surface area contributed by atoms with Gasteiger partial charge < -0.3 is 10.6 Å². The smallest absolute Gasteiger partial charge is 0.242 e. The number of benzene rings is 2. The Morgan fingerprint density at radius 2 is 1.92 bits per heavy atom. The highest BCUT2D eigenvalue weighted by Gasteiger charge is 2.25. The number of hydrogen-bond acceptors (Lipinski definition) is 3. The molecule has 2 heterocycles. The van der Waals surface area contributed by atoms with Gasteiger partial charge in [-0.1, -0.05) is 30.3 Å². The van der Waals surface area contributed by atoms with Gasteiger partial charge in [0.2, 0.25) is 11.8 Å². The van der Waals surface area contributed by atoms with Gasteiger partial charge in [0.15, 0.2) is 0 Å². The van der Waals surface area contributed by atoms with Gasteiger partial charge in [-0.25, -0.2) is 4.98 Å². The molecule has 2 aromatic carbocycles. The zero-order chi connectivity index (χ0) is 17.9. The molecule has 132 valence electrons. The molecule has 0 spiro atoms. The Morgan fingerprint density at radius 3 is 2.69 bits per heavy atom. The van der Waals surface area contributed by atoms with Crippen LogP contribution in [0.1, 0.15) is 18.7 Å². The molecule has 26 heavy (non-hydrogen) atoms. The molecule has 3 aromatic rings. The van der Waals surface area contributed by atoms with E-state index in [-0.39, 0.29) is 11.8 Å². The molecule has 4 rings (SSSR count). The van der Waals surface area contributed by atoms with Crippen LogP contribution in [0, 0.1) is 0 Å². The van der Waals surface area contributed by atoms with Crippen molar-refractivity contribution in [1.82, 2.24) is 20.2 Å². The normalized spacial score (nSPS) is 16.6. The summed E-state index contributed by atoms with van der Waals surface area (Å²) in [4.78, 5) is 28.6. The van der Waals surface area contributed by atoms with Crippen molar-refractivity contribution in [3.8, 4) is 5.69 Å². The SMILES string of the molecule is O=C(CCc1nc2ccccc2n1-c1ccccc1)N[C@H]1CCNC1=O. The Labute approximate surface area is 151 Å². The van der Waals surface area contributed by atoms with E-state index in [9.17, 15) is 9.59 Å². The maximum absolute atomic E-state index is 12.3. The van der Waals surface area contributed by atoms with Crippen LogP contribution in [0.2, 0.25) is 0 Å². The third kappa shape index (κ3) is 3.18. The van der Waals surface area contributed by atoms with Gasteiger partial charge in [-0.2, -0.15) is 0 Å². The maximum atomic E-state index is 12.3. The van der Waals surface area contributed by atoms with E-state index < -0.39 is 6.04 Å². The van der Waals surface area contributed by atoms with Crippen LogP contribution in [-0.4, -0.2) is 34.0 Å². The van der Waals surface area contributed by atoms with Gasteiger partial charge in [0.25, 0.3) is 0 Å². The summed E-state index contributed by atoms with van der Waals surface area (Å²) in [5, 5.41) is 5.53. The van der Waals surface area contributed by atoms with E-state index in [2.05, 4.69) is 15.2 Å². The van der Waals surface area contributed by atoms with Gasteiger partial charge in [-0.05, 0) is 30.7 Å². The fourth-order valence-electron chi connectivity index (χ4n) is 3.33. The lowest BCUT2D eigenvalue weighted by Gasteiger charge is -2.11. The summed E-state index contributed by atoms with van der Waals surface area (Å²) in [6.07, 6.45) is 1.44. The zero-order valence-corrected chi connectivity index (χ0v) is 14.3. The number of imidazole rings is 1. The Bertz CT molecular complexity index is 949. The predicted octanol–water partition coefficient (Wildman–Crippen LogP) is 1.96. The van der Waals surface area contributed by atoms with Gasteiger partial charge in [-0.15, -0.1) is 0 Å². The standard InChI is InChI=1S/C20H20N4O2/c25-19(23-16-12-13-21-20(16)26)11-10-18-22-15-8-4-5-9-17(15)24(18)14-6-2-1-3-7-14/h1-9,16H,10-13H2,(H,21,26)(H,23,25)/t16-/m0/s1. The fraction of sp³-hybridized carbons (Fsp3) is 0.250. The second-order valence-electron chi connectivity index (χ2n) is 6.39. The Kier molecular flexibility index (Phi) is 4.39. The number of nitrogens with zero attached hydrogens (tertiary/aromatic N) is 2. The van der Waals surface area contributed by atoms with Crippen LogP contribution in [0.5, 0.6) is 0 Å². The Balaban J connectivity index is 1.56. The molecule has 1 aliphatic heterocycles. The van der Waals surface area contributed by atoms with Crippen molar-refractivity contribution < 1.29 is 9.59 Å². The van der Waals surface area contributed by atoms with E-state index in [4.69, 9.17) is 4.98 Å². The van der Waals surface area contributed by atoms with Crippen molar-refractivity contribution in [3.63, 3.8) is 0 Å². The fourth-order valence-corrected chi connectivity index (χ4v) is 3.33. The number of aryl methyl sites for hydroxylation is 1. The number of fused-ring (bicyclic) bond motifs is 1. The van der Waals surface area contributed by atoms with Gasteiger partial charge in [0, 0.05) is 25.1 Å². The van der Waals surface area contributed by atoms with E-state index in [0.29, 0.717) is 25.8 Å². The average Bonchev–Trinajstić information content (AvgIpc) is 3.24. The van der Waals surface area contributed by atoms with Crippen molar-refractivity contribution in [2.24, 2.45) is 0 Å². The molecule has 1 atom stereocenters. The van der Waals surface area contributed by atoms with Crippen molar-refractivity contribution in [3.05, 3.63) is 60.4 Å². The van der Waals surface area contributed by atoms with Crippen LogP contribution in [0.3, 0.4) is 0 Å². The van der Waals surface area contributed by atoms with Crippen molar-refractivity contribution in [2.45, 2.75) is 25.3 Å². The first-order valence-electron chi connectivity index (χ1n) is 8.81. The molecule has 0 bridgehead atoms. The van der Waals surface area contributed by atoms with Gasteiger partial charge in [0.05, 0.1) is 11.0 Å². The first-order valence-corrected chi connectivity index (χ1v) is 8.81. The molecule has 1 saturated heterocycles. The third-order valence-electron chi connectivity index (χ3n) is 4.60. The molecular formula is C20H20N4O2. The van der Waals surface area contributed by atoms with Crippen molar-refractivity contribution in [1.29, 1.82) is 0 Å². The number of nitrogens with one attached hydrogen (secondary N) is 2. The van der Waals surface area contributed by atoms with Gasteiger partial charge in [-0.3, -0.25) is 14.2 Å². The Hall–Kier alpha value is -3.15. The van der Waals surface area contributed by atoms with Crippen LogP contribution in [-0.2, 0) is 16.0 Å². The molecule has 1 aliphatic rings. The summed E-state index contributed by atoms with van der Waals surface area (Å²) >= 11 is 0. The largest absolute Gasteiger partial charge is 0.354 e. The van der Waals surface area contributed by atoms with E-state index >= 15 is 0 Å². The lowest BCUT2D eigenvalue weighted by molar-refractivity contribution is -0.127. The molecule has 1 fully saturated rings. The highest BCUT2D eigenvalue weighted by molar-refractivity contribution is 5.89. The first kappa shape index (κ1) is 16.3. The molecule has 2 amide bonds. The molecular weight excluding hydrogens is 328 g/mol. The minimum absolute atomic E-state index is 0.102. The number of amides is 2. The zero-order valence-electron chi connectivity index (χ0n) is 14.3. The van der Waals surface area contributed by atoms with Crippen LogP contribution in [0.25, 0.3) is 16.7 Å². The van der Waals surface area contributed by atoms with Gasteiger partial charge in [0.1, 0.15) is 11.9 Å². The summed E-state index contributed by atoms with van der Waals surface area (Å²) < 4.78 is 2.09. The number of carbonyl (C=O) groups excluding carboxylic acids is 2. The second-order valence-corrected chi connectivity index (χ2v) is 6.39. The van der Waals surface area contributed by atoms with E-state index in [1.807, 2.05) is 54.6 Å². The summed E-state index contributed by atoms with van der Waals surface area (Å²) in [5.74, 6) is 0.608. The van der Waals surface area contributed by atoms with Crippen LogP contribution < -0.4 is 10.6 Å². The average molecular weight is 348 g/mol. The van der Waals surface area contributed by atoms with E-state index in [1.54, 1.807) is 0 Å². The maximum Gasteiger partial charge on any atom is 0.242 e. The molecule has 0 saturated carbocycles. The lowest BCUT2D eigenvalue weighted by atomic mass is 10.2. The summed E-state index contributed by atoms with van der Waals surface area (Å²) in [6, 6.07) is 17.5. The van der Waals surface area contributed by atoms with Gasteiger partial charge >= 0.3 is 0 Å². The van der Waals surface area contributed by atoms with E-state index in [1.165, 1.54) is 0 Å². The number of rotatable bonds is 5.